The topological polar surface area (TPSA) is 32.9 Å². The van der Waals surface area contributed by atoms with Crippen molar-refractivity contribution in [3.8, 4) is 0 Å². The molecule has 1 aromatic carbocycles. The summed E-state index contributed by atoms with van der Waals surface area (Å²) in [5.41, 5.74) is -4.07. The highest BCUT2D eigenvalue weighted by molar-refractivity contribution is 6.34. The minimum absolute atomic E-state index is 0.0422. The standard InChI is InChI=1S/C11H4ClF6NO/c12-9-5(3-20)8-6(11(16,17)18)1-4(10(13,14)15)2-7(8)19-9/h1-3,19H. The summed E-state index contributed by atoms with van der Waals surface area (Å²) in [5, 5.41) is -1.12. The van der Waals surface area contributed by atoms with Crippen molar-refractivity contribution < 1.29 is 31.1 Å². The molecule has 2 nitrogen and oxygen atoms in total. The van der Waals surface area contributed by atoms with Crippen LogP contribution in [0.5, 0.6) is 0 Å². The van der Waals surface area contributed by atoms with Gasteiger partial charge in [-0.3, -0.25) is 4.79 Å². The third kappa shape index (κ3) is 2.35. The van der Waals surface area contributed by atoms with Crippen molar-refractivity contribution in [3.05, 3.63) is 34.0 Å². The van der Waals surface area contributed by atoms with Gasteiger partial charge in [-0.15, -0.1) is 0 Å². The molecule has 0 fully saturated rings. The van der Waals surface area contributed by atoms with E-state index in [-0.39, 0.29) is 12.4 Å². The molecule has 1 N–H and O–H groups in total. The first-order valence-corrected chi connectivity index (χ1v) is 5.38. The number of alkyl halides is 6. The van der Waals surface area contributed by atoms with E-state index < -0.39 is 45.1 Å². The number of aromatic amines is 1. The van der Waals surface area contributed by atoms with E-state index in [0.717, 1.165) is 0 Å². The number of H-pyrrole nitrogens is 1. The number of halogens is 7. The quantitative estimate of drug-likeness (QED) is 0.602. The number of hydrogen-bond acceptors (Lipinski definition) is 1. The summed E-state index contributed by atoms with van der Waals surface area (Å²) in [7, 11) is 0. The van der Waals surface area contributed by atoms with Crippen LogP contribution in [-0.4, -0.2) is 11.3 Å². The maximum absolute atomic E-state index is 12.9. The maximum atomic E-state index is 12.9. The van der Waals surface area contributed by atoms with Crippen LogP contribution in [0.2, 0.25) is 5.15 Å². The molecular formula is C11H4ClF6NO. The summed E-state index contributed by atoms with van der Waals surface area (Å²) < 4.78 is 76.4. The van der Waals surface area contributed by atoms with E-state index in [9.17, 15) is 31.1 Å². The van der Waals surface area contributed by atoms with Gasteiger partial charge in [-0.05, 0) is 12.1 Å². The van der Waals surface area contributed by atoms with E-state index in [0.29, 0.717) is 6.07 Å². The van der Waals surface area contributed by atoms with E-state index in [1.807, 2.05) is 0 Å². The lowest BCUT2D eigenvalue weighted by atomic mass is 10.0. The molecule has 0 radical (unpaired) electrons. The number of nitrogens with one attached hydrogen (secondary N) is 1. The minimum Gasteiger partial charge on any atom is -0.345 e. The second-order valence-corrected chi connectivity index (χ2v) is 4.29. The molecule has 1 aromatic heterocycles. The Bertz CT molecular complexity index is 685. The molecule has 108 valence electrons. The second kappa shape index (κ2) is 4.41. The van der Waals surface area contributed by atoms with E-state index in [1.54, 1.807) is 0 Å². The highest BCUT2D eigenvalue weighted by Gasteiger charge is 2.39. The van der Waals surface area contributed by atoms with Crippen LogP contribution in [0, 0.1) is 0 Å². The van der Waals surface area contributed by atoms with E-state index in [4.69, 9.17) is 11.6 Å². The predicted molar refractivity (Wildman–Crippen MR) is 58.7 cm³/mol. The van der Waals surface area contributed by atoms with Crippen molar-refractivity contribution in [2.45, 2.75) is 12.4 Å². The van der Waals surface area contributed by atoms with Gasteiger partial charge in [0.25, 0.3) is 0 Å². The molecule has 0 amide bonds. The molecule has 0 aliphatic carbocycles. The van der Waals surface area contributed by atoms with Crippen molar-refractivity contribution >= 4 is 28.8 Å². The van der Waals surface area contributed by atoms with Crippen LogP contribution in [0.15, 0.2) is 12.1 Å². The molecule has 0 unspecified atom stereocenters. The summed E-state index contributed by atoms with van der Waals surface area (Å²) in [6, 6.07) is 0.433. The van der Waals surface area contributed by atoms with Gasteiger partial charge in [-0.1, -0.05) is 11.6 Å². The van der Waals surface area contributed by atoms with Gasteiger partial charge in [0.05, 0.1) is 16.7 Å². The van der Waals surface area contributed by atoms with E-state index >= 15 is 0 Å². The Kier molecular flexibility index (Phi) is 3.24. The highest BCUT2D eigenvalue weighted by atomic mass is 35.5. The van der Waals surface area contributed by atoms with Gasteiger partial charge in [-0.2, -0.15) is 26.3 Å². The number of hydrogen-bond donors (Lipinski definition) is 1. The zero-order valence-corrected chi connectivity index (χ0v) is 10.0. The van der Waals surface area contributed by atoms with Gasteiger partial charge < -0.3 is 4.98 Å². The summed E-state index contributed by atoms with van der Waals surface area (Å²) in [6.45, 7) is 0. The van der Waals surface area contributed by atoms with Crippen LogP contribution < -0.4 is 0 Å². The molecule has 2 aromatic rings. The van der Waals surface area contributed by atoms with Gasteiger partial charge in [0, 0.05) is 10.9 Å². The Morgan fingerprint density at radius 1 is 1.05 bits per heavy atom. The van der Waals surface area contributed by atoms with E-state index in [2.05, 4.69) is 4.98 Å². The molecule has 2 rings (SSSR count). The Morgan fingerprint density at radius 2 is 1.65 bits per heavy atom. The molecule has 0 saturated carbocycles. The molecule has 0 spiro atoms. The van der Waals surface area contributed by atoms with Crippen LogP contribution in [0.25, 0.3) is 10.9 Å². The zero-order valence-electron chi connectivity index (χ0n) is 9.29. The first kappa shape index (κ1) is 14.7. The highest BCUT2D eigenvalue weighted by Crippen LogP contribution is 2.42. The van der Waals surface area contributed by atoms with Gasteiger partial charge in [0.1, 0.15) is 5.15 Å². The predicted octanol–water partition coefficient (Wildman–Crippen LogP) is 4.67. The van der Waals surface area contributed by atoms with Crippen molar-refractivity contribution in [2.75, 3.05) is 0 Å². The summed E-state index contributed by atoms with van der Waals surface area (Å²) in [6.07, 6.45) is -9.94. The molecule has 1 heterocycles. The molecule has 9 heteroatoms. The van der Waals surface area contributed by atoms with Gasteiger partial charge >= 0.3 is 12.4 Å². The fourth-order valence-electron chi connectivity index (χ4n) is 1.82. The lowest BCUT2D eigenvalue weighted by molar-refractivity contribution is -0.142. The van der Waals surface area contributed by atoms with Gasteiger partial charge in [-0.25, -0.2) is 0 Å². The molecule has 20 heavy (non-hydrogen) atoms. The van der Waals surface area contributed by atoms with E-state index in [1.165, 1.54) is 0 Å². The SMILES string of the molecule is O=Cc1c(Cl)[nH]c2cc(C(F)(F)F)cc(C(F)(F)F)c12. The zero-order chi connectivity index (χ0) is 15.3. The third-order valence-electron chi connectivity index (χ3n) is 2.64. The fourth-order valence-corrected chi connectivity index (χ4v) is 2.06. The van der Waals surface area contributed by atoms with Crippen molar-refractivity contribution in [3.63, 3.8) is 0 Å². The molecular weight excluding hydrogens is 312 g/mol. The van der Waals surface area contributed by atoms with Crippen LogP contribution in [-0.2, 0) is 12.4 Å². The first-order valence-electron chi connectivity index (χ1n) is 5.00. The number of benzene rings is 1. The third-order valence-corrected chi connectivity index (χ3v) is 2.94. The van der Waals surface area contributed by atoms with Crippen LogP contribution in [0.3, 0.4) is 0 Å². The summed E-state index contributed by atoms with van der Waals surface area (Å²) in [5.74, 6) is 0. The lowest BCUT2D eigenvalue weighted by Crippen LogP contribution is -2.11. The Balaban J connectivity index is 2.93. The maximum Gasteiger partial charge on any atom is 0.417 e. The average molecular weight is 316 g/mol. The smallest absolute Gasteiger partial charge is 0.345 e. The van der Waals surface area contributed by atoms with Crippen molar-refractivity contribution in [1.82, 2.24) is 4.98 Å². The first-order chi connectivity index (χ1) is 9.05. The molecule has 0 aliphatic rings. The Hall–Kier alpha value is -1.70. The molecule has 0 saturated heterocycles. The summed E-state index contributed by atoms with van der Waals surface area (Å²) in [4.78, 5) is 12.9. The van der Waals surface area contributed by atoms with Crippen molar-refractivity contribution in [2.24, 2.45) is 0 Å². The number of fused-ring (bicyclic) bond motifs is 1. The molecule has 0 atom stereocenters. The van der Waals surface area contributed by atoms with Crippen LogP contribution in [0.4, 0.5) is 26.3 Å². The monoisotopic (exact) mass is 315 g/mol. The molecule has 0 aliphatic heterocycles. The average Bonchev–Trinajstić information content (AvgIpc) is 2.60. The number of carbonyl (C=O) groups excluding carboxylic acids is 1. The second-order valence-electron chi connectivity index (χ2n) is 3.91. The van der Waals surface area contributed by atoms with Crippen LogP contribution in [0.1, 0.15) is 21.5 Å². The fraction of sp³-hybridized carbons (Fsp3) is 0.182. The van der Waals surface area contributed by atoms with Crippen LogP contribution >= 0.6 is 11.6 Å². The summed E-state index contributed by atoms with van der Waals surface area (Å²) >= 11 is 5.52. The Morgan fingerprint density at radius 3 is 2.10 bits per heavy atom. The lowest BCUT2D eigenvalue weighted by Gasteiger charge is -2.13. The minimum atomic E-state index is -5.05. The molecule has 0 bridgehead atoms. The number of carbonyl (C=O) groups is 1. The Labute approximate surface area is 112 Å². The number of rotatable bonds is 1. The van der Waals surface area contributed by atoms with Gasteiger partial charge in [0.15, 0.2) is 6.29 Å². The largest absolute Gasteiger partial charge is 0.417 e. The van der Waals surface area contributed by atoms with Gasteiger partial charge in [0.2, 0.25) is 0 Å². The number of aldehydes is 1. The number of aromatic nitrogens is 1. The van der Waals surface area contributed by atoms with Crippen molar-refractivity contribution in [1.29, 1.82) is 0 Å². The normalized spacial score (nSPS) is 12.9.